The molecular formula is C14H9ClN2O6. The van der Waals surface area contributed by atoms with Crippen LogP contribution in [-0.2, 0) is 11.2 Å². The van der Waals surface area contributed by atoms with Gasteiger partial charge in [-0.05, 0) is 11.6 Å². The van der Waals surface area contributed by atoms with Crippen molar-refractivity contribution in [3.05, 3.63) is 73.3 Å². The molecule has 0 aliphatic rings. The summed E-state index contributed by atoms with van der Waals surface area (Å²) >= 11 is 5.82. The highest BCUT2D eigenvalue weighted by Gasteiger charge is 2.14. The summed E-state index contributed by atoms with van der Waals surface area (Å²) in [6, 6.07) is 8.92. The fourth-order valence-electron chi connectivity index (χ4n) is 1.75. The van der Waals surface area contributed by atoms with E-state index >= 15 is 0 Å². The van der Waals surface area contributed by atoms with Gasteiger partial charge in [0.05, 0.1) is 21.3 Å². The Balaban J connectivity index is 2.04. The van der Waals surface area contributed by atoms with Gasteiger partial charge in [0, 0.05) is 24.3 Å². The lowest BCUT2D eigenvalue weighted by molar-refractivity contribution is -0.385. The third kappa shape index (κ3) is 4.24. The maximum absolute atomic E-state index is 11.8. The van der Waals surface area contributed by atoms with Gasteiger partial charge in [0.2, 0.25) is 0 Å². The van der Waals surface area contributed by atoms with E-state index in [1.54, 1.807) is 0 Å². The number of carbonyl (C=O) groups is 1. The molecule has 9 heteroatoms. The molecule has 0 unspecified atom stereocenters. The van der Waals surface area contributed by atoms with Gasteiger partial charge >= 0.3 is 5.97 Å². The molecule has 0 saturated carbocycles. The van der Waals surface area contributed by atoms with Gasteiger partial charge in [0.15, 0.2) is 0 Å². The van der Waals surface area contributed by atoms with Crippen molar-refractivity contribution in [3.8, 4) is 5.75 Å². The minimum absolute atomic E-state index is 0.00387. The van der Waals surface area contributed by atoms with E-state index in [0.29, 0.717) is 5.56 Å². The average molecular weight is 337 g/mol. The van der Waals surface area contributed by atoms with Crippen LogP contribution in [-0.4, -0.2) is 15.8 Å². The number of ether oxygens (including phenoxy) is 1. The second-order valence-electron chi connectivity index (χ2n) is 4.45. The number of carbonyl (C=O) groups excluding carboxylic acids is 1. The maximum Gasteiger partial charge on any atom is 0.315 e. The van der Waals surface area contributed by atoms with Crippen molar-refractivity contribution in [1.82, 2.24) is 0 Å². The van der Waals surface area contributed by atoms with Gasteiger partial charge in [-0.3, -0.25) is 25.0 Å². The summed E-state index contributed by atoms with van der Waals surface area (Å²) in [5.74, 6) is -0.640. The molecule has 0 spiro atoms. The summed E-state index contributed by atoms with van der Waals surface area (Å²) in [6.07, 6.45) is -0.120. The molecule has 0 radical (unpaired) electrons. The number of hydrogen-bond acceptors (Lipinski definition) is 6. The van der Waals surface area contributed by atoms with Crippen molar-refractivity contribution < 1.29 is 19.4 Å². The first kappa shape index (κ1) is 16.4. The zero-order valence-electron chi connectivity index (χ0n) is 11.5. The van der Waals surface area contributed by atoms with Gasteiger partial charge in [0.1, 0.15) is 5.75 Å². The van der Waals surface area contributed by atoms with Crippen LogP contribution in [0.5, 0.6) is 5.75 Å². The summed E-state index contributed by atoms with van der Waals surface area (Å²) < 4.78 is 5.03. The first-order valence-corrected chi connectivity index (χ1v) is 6.62. The molecule has 0 aliphatic carbocycles. The number of hydrogen-bond donors (Lipinski definition) is 0. The van der Waals surface area contributed by atoms with E-state index in [-0.39, 0.29) is 28.6 Å². The van der Waals surface area contributed by atoms with Crippen LogP contribution in [0.15, 0.2) is 42.5 Å². The van der Waals surface area contributed by atoms with E-state index in [1.807, 2.05) is 0 Å². The van der Waals surface area contributed by atoms with Crippen LogP contribution in [0.3, 0.4) is 0 Å². The Morgan fingerprint density at radius 2 is 1.57 bits per heavy atom. The molecule has 2 aromatic rings. The summed E-state index contributed by atoms with van der Waals surface area (Å²) in [7, 11) is 0. The topological polar surface area (TPSA) is 113 Å². The summed E-state index contributed by atoms with van der Waals surface area (Å²) in [6.45, 7) is 0. The molecule has 0 saturated heterocycles. The lowest BCUT2D eigenvalue weighted by atomic mass is 10.1. The fraction of sp³-hybridized carbons (Fsp3) is 0.0714. The van der Waals surface area contributed by atoms with E-state index in [2.05, 4.69) is 0 Å². The van der Waals surface area contributed by atoms with Gasteiger partial charge in [0.25, 0.3) is 11.4 Å². The molecule has 2 rings (SSSR count). The van der Waals surface area contributed by atoms with Crippen molar-refractivity contribution in [2.75, 3.05) is 0 Å². The number of rotatable bonds is 5. The molecule has 0 heterocycles. The smallest absolute Gasteiger partial charge is 0.315 e. The van der Waals surface area contributed by atoms with Crippen LogP contribution < -0.4 is 4.74 Å². The number of non-ortho nitro benzene ring substituents is 2. The third-order valence-electron chi connectivity index (χ3n) is 2.85. The molecular weight excluding hydrogens is 328 g/mol. The highest BCUT2D eigenvalue weighted by molar-refractivity contribution is 6.32. The number of halogens is 1. The van der Waals surface area contributed by atoms with Crippen LogP contribution in [0.1, 0.15) is 5.56 Å². The second-order valence-corrected chi connectivity index (χ2v) is 4.85. The van der Waals surface area contributed by atoms with Crippen LogP contribution in [0, 0.1) is 20.2 Å². The van der Waals surface area contributed by atoms with Gasteiger partial charge < -0.3 is 4.74 Å². The molecule has 2 aromatic carbocycles. The van der Waals surface area contributed by atoms with Gasteiger partial charge in [-0.25, -0.2) is 0 Å². The SMILES string of the molecule is O=C(Cc1ccc([N+](=O)[O-])cc1)Oc1ccc([N+](=O)[O-])cc1Cl. The highest BCUT2D eigenvalue weighted by atomic mass is 35.5. The van der Waals surface area contributed by atoms with Gasteiger partial charge in [-0.2, -0.15) is 0 Å². The first-order chi connectivity index (χ1) is 10.9. The number of esters is 1. The standard InChI is InChI=1S/C14H9ClN2O6/c15-12-8-11(17(21)22)5-6-13(12)23-14(18)7-9-1-3-10(4-2-9)16(19)20/h1-6,8H,7H2. The van der Waals surface area contributed by atoms with Crippen LogP contribution in [0.25, 0.3) is 0 Å². The predicted octanol–water partition coefficient (Wildman–Crippen LogP) is 3.30. The Morgan fingerprint density at radius 3 is 2.09 bits per heavy atom. The maximum atomic E-state index is 11.8. The molecule has 0 bridgehead atoms. The normalized spacial score (nSPS) is 10.1. The third-order valence-corrected chi connectivity index (χ3v) is 3.14. The monoisotopic (exact) mass is 336 g/mol. The van der Waals surface area contributed by atoms with Crippen molar-refractivity contribution in [2.45, 2.75) is 6.42 Å². The lowest BCUT2D eigenvalue weighted by Gasteiger charge is -2.06. The minimum Gasteiger partial charge on any atom is -0.425 e. The molecule has 118 valence electrons. The lowest BCUT2D eigenvalue weighted by Crippen LogP contribution is -2.11. The average Bonchev–Trinajstić information content (AvgIpc) is 2.49. The molecule has 0 aromatic heterocycles. The number of nitrogens with zero attached hydrogens (tertiary/aromatic N) is 2. The van der Waals surface area contributed by atoms with Crippen molar-refractivity contribution >= 4 is 28.9 Å². The summed E-state index contributed by atoms with van der Waals surface area (Å²) in [5, 5.41) is 21.1. The van der Waals surface area contributed by atoms with E-state index in [0.717, 1.165) is 6.07 Å². The van der Waals surface area contributed by atoms with E-state index in [1.165, 1.54) is 36.4 Å². The molecule has 23 heavy (non-hydrogen) atoms. The van der Waals surface area contributed by atoms with Gasteiger partial charge in [-0.1, -0.05) is 23.7 Å². The predicted molar refractivity (Wildman–Crippen MR) is 80.5 cm³/mol. The Labute approximate surface area is 134 Å². The van der Waals surface area contributed by atoms with E-state index in [9.17, 15) is 25.0 Å². The van der Waals surface area contributed by atoms with Crippen molar-refractivity contribution in [2.24, 2.45) is 0 Å². The zero-order valence-corrected chi connectivity index (χ0v) is 12.2. The number of nitro benzene ring substituents is 2. The Kier molecular flexibility index (Phi) is 4.87. The highest BCUT2D eigenvalue weighted by Crippen LogP contribution is 2.29. The Bertz CT molecular complexity index is 775. The molecule has 0 aliphatic heterocycles. The fourth-order valence-corrected chi connectivity index (χ4v) is 1.96. The molecule has 0 fully saturated rings. The van der Waals surface area contributed by atoms with Crippen molar-refractivity contribution in [1.29, 1.82) is 0 Å². The zero-order chi connectivity index (χ0) is 17.0. The Hall–Kier alpha value is -3.00. The molecule has 0 amide bonds. The Morgan fingerprint density at radius 1 is 1.00 bits per heavy atom. The largest absolute Gasteiger partial charge is 0.425 e. The van der Waals surface area contributed by atoms with E-state index < -0.39 is 15.8 Å². The quantitative estimate of drug-likeness (QED) is 0.358. The number of nitro groups is 2. The molecule has 0 N–H and O–H groups in total. The van der Waals surface area contributed by atoms with Crippen LogP contribution in [0.4, 0.5) is 11.4 Å². The molecule has 0 atom stereocenters. The van der Waals surface area contributed by atoms with Crippen LogP contribution in [0.2, 0.25) is 5.02 Å². The number of benzene rings is 2. The van der Waals surface area contributed by atoms with E-state index in [4.69, 9.17) is 16.3 Å². The summed E-state index contributed by atoms with van der Waals surface area (Å²) in [4.78, 5) is 31.8. The molecule has 8 nitrogen and oxygen atoms in total. The van der Waals surface area contributed by atoms with Crippen molar-refractivity contribution in [3.63, 3.8) is 0 Å². The summed E-state index contributed by atoms with van der Waals surface area (Å²) in [5.41, 5.74) is 0.226. The second kappa shape index (κ2) is 6.84. The van der Waals surface area contributed by atoms with Gasteiger partial charge in [-0.15, -0.1) is 0 Å². The first-order valence-electron chi connectivity index (χ1n) is 6.25. The van der Waals surface area contributed by atoms with Crippen LogP contribution >= 0.6 is 11.6 Å². The minimum atomic E-state index is -0.644.